The van der Waals surface area contributed by atoms with Gasteiger partial charge in [0.2, 0.25) is 0 Å². The van der Waals surface area contributed by atoms with Crippen LogP contribution in [0.5, 0.6) is 11.5 Å². The van der Waals surface area contributed by atoms with Gasteiger partial charge in [0, 0.05) is 36.3 Å². The molecule has 0 spiro atoms. The van der Waals surface area contributed by atoms with Gasteiger partial charge in [-0.05, 0) is 38.0 Å². The van der Waals surface area contributed by atoms with Crippen LogP contribution in [-0.4, -0.2) is 51.7 Å². The smallest absolute Gasteiger partial charge is 0.254 e. The van der Waals surface area contributed by atoms with Crippen molar-refractivity contribution in [1.82, 2.24) is 19.6 Å². The molecule has 8 heteroatoms. The third-order valence-electron chi connectivity index (χ3n) is 5.38. The molecule has 28 heavy (non-hydrogen) atoms. The van der Waals surface area contributed by atoms with E-state index in [4.69, 9.17) is 9.47 Å². The topological polar surface area (TPSA) is 81.9 Å². The van der Waals surface area contributed by atoms with Crippen LogP contribution in [0.4, 0.5) is 5.82 Å². The summed E-state index contributed by atoms with van der Waals surface area (Å²) in [6, 6.07) is 7.50. The first-order valence-electron chi connectivity index (χ1n) is 9.55. The summed E-state index contributed by atoms with van der Waals surface area (Å²) in [5.41, 5.74) is 1.60. The standard InChI is InChI=1S/C20H21N5O3/c1-13-10-18(25-20(23-13)21-12-22-25)24-6-4-14(5-7-24)19(26)15-2-3-16-17(11-15)28-9-8-27-16/h2-3,10-12,14H,4-9H2,1H3. The molecule has 0 unspecified atom stereocenters. The lowest BCUT2D eigenvalue weighted by Crippen LogP contribution is -2.37. The van der Waals surface area contributed by atoms with E-state index in [0.717, 1.165) is 37.4 Å². The molecule has 0 aliphatic carbocycles. The zero-order valence-electron chi connectivity index (χ0n) is 15.7. The van der Waals surface area contributed by atoms with Gasteiger partial charge in [-0.25, -0.2) is 4.98 Å². The lowest BCUT2D eigenvalue weighted by molar-refractivity contribution is 0.0899. The van der Waals surface area contributed by atoms with Crippen LogP contribution in [0.15, 0.2) is 30.6 Å². The molecule has 144 valence electrons. The van der Waals surface area contributed by atoms with Gasteiger partial charge >= 0.3 is 0 Å². The zero-order chi connectivity index (χ0) is 19.1. The average Bonchev–Trinajstić information content (AvgIpc) is 3.21. The van der Waals surface area contributed by atoms with E-state index in [1.165, 1.54) is 6.33 Å². The van der Waals surface area contributed by atoms with Gasteiger partial charge in [0.1, 0.15) is 25.4 Å². The van der Waals surface area contributed by atoms with Gasteiger partial charge in [-0.3, -0.25) is 4.79 Å². The van der Waals surface area contributed by atoms with Crippen LogP contribution in [0.3, 0.4) is 0 Å². The van der Waals surface area contributed by atoms with E-state index < -0.39 is 0 Å². The monoisotopic (exact) mass is 379 g/mol. The van der Waals surface area contributed by atoms with Crippen LogP contribution in [0.25, 0.3) is 5.78 Å². The normalized spacial score (nSPS) is 17.1. The van der Waals surface area contributed by atoms with Gasteiger partial charge in [-0.15, -0.1) is 0 Å². The molecule has 5 rings (SSSR count). The second kappa shape index (κ2) is 6.78. The van der Waals surface area contributed by atoms with E-state index in [1.807, 2.05) is 31.2 Å². The third-order valence-corrected chi connectivity index (χ3v) is 5.38. The Labute approximate surface area is 162 Å². The number of ketones is 1. The highest BCUT2D eigenvalue weighted by Gasteiger charge is 2.28. The van der Waals surface area contributed by atoms with Gasteiger partial charge < -0.3 is 14.4 Å². The molecule has 0 bridgehead atoms. The summed E-state index contributed by atoms with van der Waals surface area (Å²) < 4.78 is 12.9. The number of hydrogen-bond donors (Lipinski definition) is 0. The Morgan fingerprint density at radius 2 is 1.89 bits per heavy atom. The molecule has 0 radical (unpaired) electrons. The Kier molecular flexibility index (Phi) is 4.11. The number of Topliss-reactive ketones (excluding diaryl/α,β-unsaturated/α-hetero) is 1. The van der Waals surface area contributed by atoms with Crippen molar-refractivity contribution in [3.05, 3.63) is 41.9 Å². The van der Waals surface area contributed by atoms with Crippen LogP contribution in [0, 0.1) is 12.8 Å². The summed E-state index contributed by atoms with van der Waals surface area (Å²) in [6.45, 7) is 4.60. The molecule has 1 fully saturated rings. The Hall–Kier alpha value is -3.16. The third kappa shape index (κ3) is 2.94. The lowest BCUT2D eigenvalue weighted by Gasteiger charge is -2.33. The lowest BCUT2D eigenvalue weighted by atomic mass is 9.88. The molecule has 2 aliphatic rings. The fourth-order valence-corrected chi connectivity index (χ4v) is 3.94. The van der Waals surface area contributed by atoms with Crippen LogP contribution < -0.4 is 14.4 Å². The van der Waals surface area contributed by atoms with E-state index in [2.05, 4.69) is 20.0 Å². The molecule has 0 atom stereocenters. The summed E-state index contributed by atoms with van der Waals surface area (Å²) in [4.78, 5) is 23.8. The first-order chi connectivity index (χ1) is 13.7. The van der Waals surface area contributed by atoms with Gasteiger partial charge in [0.15, 0.2) is 17.3 Å². The number of ether oxygens (including phenoxy) is 2. The summed E-state index contributed by atoms with van der Waals surface area (Å²) in [7, 11) is 0. The van der Waals surface area contributed by atoms with Gasteiger partial charge in [0.25, 0.3) is 5.78 Å². The minimum atomic E-state index is 0.00739. The first-order valence-corrected chi connectivity index (χ1v) is 9.55. The highest BCUT2D eigenvalue weighted by molar-refractivity contribution is 5.98. The van der Waals surface area contributed by atoms with Crippen molar-refractivity contribution in [3.63, 3.8) is 0 Å². The molecule has 8 nitrogen and oxygen atoms in total. The van der Waals surface area contributed by atoms with Crippen molar-refractivity contribution >= 4 is 17.4 Å². The largest absolute Gasteiger partial charge is 0.486 e. The average molecular weight is 379 g/mol. The molecule has 0 amide bonds. The number of anilines is 1. The number of fused-ring (bicyclic) bond motifs is 2. The molecule has 0 saturated carbocycles. The molecule has 1 aromatic carbocycles. The minimum Gasteiger partial charge on any atom is -0.486 e. The Morgan fingerprint density at radius 1 is 1.11 bits per heavy atom. The summed E-state index contributed by atoms with van der Waals surface area (Å²) >= 11 is 0. The molecule has 3 aromatic rings. The second-order valence-electron chi connectivity index (χ2n) is 7.21. The van der Waals surface area contributed by atoms with Crippen molar-refractivity contribution in [3.8, 4) is 11.5 Å². The summed E-state index contributed by atoms with van der Waals surface area (Å²) in [5, 5.41) is 4.29. The van der Waals surface area contributed by atoms with Gasteiger partial charge in [-0.1, -0.05) is 0 Å². The molecular weight excluding hydrogens is 358 g/mol. The Balaban J connectivity index is 1.31. The van der Waals surface area contributed by atoms with E-state index >= 15 is 0 Å². The highest BCUT2D eigenvalue weighted by Crippen LogP contribution is 2.33. The van der Waals surface area contributed by atoms with Crippen LogP contribution in [0.2, 0.25) is 0 Å². The predicted octanol–water partition coefficient (Wildman–Crippen LogP) is 2.30. The summed E-state index contributed by atoms with van der Waals surface area (Å²) in [6.07, 6.45) is 3.11. The Morgan fingerprint density at radius 3 is 2.71 bits per heavy atom. The van der Waals surface area contributed by atoms with Crippen molar-refractivity contribution in [2.24, 2.45) is 5.92 Å². The fraction of sp³-hybridized carbons (Fsp3) is 0.400. The highest BCUT2D eigenvalue weighted by atomic mass is 16.6. The number of aryl methyl sites for hydroxylation is 1. The second-order valence-corrected chi connectivity index (χ2v) is 7.21. The number of hydrogen-bond acceptors (Lipinski definition) is 7. The molecule has 2 aliphatic heterocycles. The Bertz CT molecular complexity index is 1040. The van der Waals surface area contributed by atoms with E-state index in [0.29, 0.717) is 36.1 Å². The molecule has 0 N–H and O–H groups in total. The number of carbonyl (C=O) groups is 1. The van der Waals surface area contributed by atoms with E-state index in [1.54, 1.807) is 4.52 Å². The maximum absolute atomic E-state index is 13.0. The van der Waals surface area contributed by atoms with Gasteiger partial charge in [0.05, 0.1) is 0 Å². The van der Waals surface area contributed by atoms with Crippen molar-refractivity contribution in [2.45, 2.75) is 19.8 Å². The maximum Gasteiger partial charge on any atom is 0.254 e. The molecule has 2 aromatic heterocycles. The van der Waals surface area contributed by atoms with Crippen LogP contribution >= 0.6 is 0 Å². The molecule has 4 heterocycles. The van der Waals surface area contributed by atoms with Crippen molar-refractivity contribution in [2.75, 3.05) is 31.2 Å². The summed E-state index contributed by atoms with van der Waals surface area (Å²) in [5.74, 6) is 3.13. The van der Waals surface area contributed by atoms with Crippen LogP contribution in [0.1, 0.15) is 28.9 Å². The number of rotatable bonds is 3. The molecule has 1 saturated heterocycles. The number of carbonyl (C=O) groups excluding carboxylic acids is 1. The van der Waals surface area contributed by atoms with Crippen molar-refractivity contribution in [1.29, 1.82) is 0 Å². The maximum atomic E-state index is 13.0. The number of nitrogens with zero attached hydrogens (tertiary/aromatic N) is 5. The molecular formula is C20H21N5O3. The number of aromatic nitrogens is 4. The van der Waals surface area contributed by atoms with Gasteiger partial charge in [-0.2, -0.15) is 14.6 Å². The predicted molar refractivity (Wildman–Crippen MR) is 102 cm³/mol. The van der Waals surface area contributed by atoms with Crippen molar-refractivity contribution < 1.29 is 14.3 Å². The fourth-order valence-electron chi connectivity index (χ4n) is 3.94. The zero-order valence-corrected chi connectivity index (χ0v) is 15.7. The van der Waals surface area contributed by atoms with E-state index in [-0.39, 0.29) is 11.7 Å². The number of piperidine rings is 1. The van der Waals surface area contributed by atoms with E-state index in [9.17, 15) is 4.79 Å². The first kappa shape index (κ1) is 17.0. The SMILES string of the molecule is Cc1cc(N2CCC(C(=O)c3ccc4c(c3)OCCO4)CC2)n2ncnc2n1. The minimum absolute atomic E-state index is 0.00739. The quantitative estimate of drug-likeness (QED) is 0.646. The number of benzene rings is 1. The van der Waals surface area contributed by atoms with Crippen LogP contribution in [-0.2, 0) is 0 Å².